The van der Waals surface area contributed by atoms with E-state index in [1.165, 1.54) is 7.05 Å². The van der Waals surface area contributed by atoms with Crippen molar-refractivity contribution in [3.8, 4) is 0 Å². The number of hydrogen-bond acceptors (Lipinski definition) is 4. The molecule has 0 spiro atoms. The lowest BCUT2D eigenvalue weighted by Crippen LogP contribution is -2.59. The predicted molar refractivity (Wildman–Crippen MR) is 106 cm³/mol. The zero-order valence-corrected chi connectivity index (χ0v) is 16.5. The van der Waals surface area contributed by atoms with Gasteiger partial charge in [-0.1, -0.05) is 30.3 Å². The molecule has 0 unspecified atom stereocenters. The number of nitrogens with zero attached hydrogens (tertiary/aromatic N) is 2. The third-order valence-corrected chi connectivity index (χ3v) is 5.04. The fourth-order valence-electron chi connectivity index (χ4n) is 3.14. The van der Waals surface area contributed by atoms with Crippen molar-refractivity contribution in [3.05, 3.63) is 65.2 Å². The van der Waals surface area contributed by atoms with Crippen LogP contribution in [-0.2, 0) is 17.8 Å². The summed E-state index contributed by atoms with van der Waals surface area (Å²) < 4.78 is 33.9. The van der Waals surface area contributed by atoms with Crippen molar-refractivity contribution in [3.63, 3.8) is 0 Å². The number of anilines is 1. The highest BCUT2D eigenvalue weighted by Gasteiger charge is 2.34. The summed E-state index contributed by atoms with van der Waals surface area (Å²) in [6.07, 6.45) is -1.59. The van der Waals surface area contributed by atoms with E-state index in [1.807, 2.05) is 30.3 Å². The molecule has 7 nitrogen and oxygen atoms in total. The van der Waals surface area contributed by atoms with Crippen LogP contribution < -0.4 is 10.2 Å². The van der Waals surface area contributed by atoms with E-state index in [1.54, 1.807) is 4.90 Å². The third kappa shape index (κ3) is 5.16. The number of rotatable bonds is 7. The van der Waals surface area contributed by atoms with Gasteiger partial charge in [0.1, 0.15) is 18.2 Å². The molecule has 2 amide bonds. The molecular weight excluding hydrogens is 396 g/mol. The number of benzene rings is 2. The largest absolute Gasteiger partial charge is 0.465 e. The summed E-state index contributed by atoms with van der Waals surface area (Å²) in [5.74, 6) is -1.17. The lowest BCUT2D eigenvalue weighted by atomic mass is 10.0. The number of nitrogens with one attached hydrogen (secondary N) is 1. The average Bonchev–Trinajstić information content (AvgIpc) is 2.69. The van der Waals surface area contributed by atoms with E-state index in [0.29, 0.717) is 13.1 Å². The minimum atomic E-state index is -1.06. The zero-order chi connectivity index (χ0) is 21.7. The van der Waals surface area contributed by atoms with Crippen molar-refractivity contribution in [2.75, 3.05) is 31.6 Å². The van der Waals surface area contributed by atoms with E-state index >= 15 is 0 Å². The Morgan fingerprint density at radius 3 is 2.57 bits per heavy atom. The summed E-state index contributed by atoms with van der Waals surface area (Å²) in [4.78, 5) is 25.4. The molecule has 0 bridgehead atoms. The Morgan fingerprint density at radius 2 is 1.90 bits per heavy atom. The van der Waals surface area contributed by atoms with Crippen molar-refractivity contribution in [1.82, 2.24) is 10.2 Å². The quantitative estimate of drug-likeness (QED) is 0.720. The summed E-state index contributed by atoms with van der Waals surface area (Å²) >= 11 is 0. The standard InChI is InChI=1S/C21H23F2N3O4/c1-25(21(28)29)16-11-26(12-16)19-10-17(22)15(9-18(19)23)7-8-24-20(27)30-13-14-5-3-2-4-6-14/h2-6,9-10,16H,7-8,11-13H2,1H3,(H,24,27)(H,28,29). The number of halogens is 2. The highest BCUT2D eigenvalue weighted by Crippen LogP contribution is 2.28. The van der Waals surface area contributed by atoms with Gasteiger partial charge in [-0.25, -0.2) is 18.4 Å². The molecule has 9 heteroatoms. The SMILES string of the molecule is CN(C(=O)O)C1CN(c2cc(F)c(CCNC(=O)OCc3ccccc3)cc2F)C1. The highest BCUT2D eigenvalue weighted by atomic mass is 19.1. The molecule has 0 aliphatic carbocycles. The molecule has 2 aromatic carbocycles. The maximum atomic E-state index is 14.4. The molecule has 1 saturated heterocycles. The number of hydrogen-bond donors (Lipinski definition) is 2. The monoisotopic (exact) mass is 419 g/mol. The molecule has 2 N–H and O–H groups in total. The topological polar surface area (TPSA) is 82.1 Å². The number of amides is 2. The molecule has 1 heterocycles. The van der Waals surface area contributed by atoms with Crippen LogP contribution in [-0.4, -0.2) is 54.9 Å². The van der Waals surface area contributed by atoms with Crippen molar-refractivity contribution < 1.29 is 28.2 Å². The predicted octanol–water partition coefficient (Wildman–Crippen LogP) is 3.23. The number of alkyl carbamates (subject to hydrolysis) is 1. The molecule has 0 atom stereocenters. The van der Waals surface area contributed by atoms with Gasteiger partial charge in [-0.15, -0.1) is 0 Å². The molecule has 1 aliphatic heterocycles. The molecule has 1 fully saturated rings. The lowest BCUT2D eigenvalue weighted by Gasteiger charge is -2.44. The van der Waals surface area contributed by atoms with Crippen molar-refractivity contribution >= 4 is 17.9 Å². The smallest absolute Gasteiger partial charge is 0.407 e. The molecule has 30 heavy (non-hydrogen) atoms. The molecule has 1 aliphatic rings. The molecule has 2 aromatic rings. The van der Waals surface area contributed by atoms with E-state index in [-0.39, 0.29) is 36.9 Å². The van der Waals surface area contributed by atoms with Crippen molar-refractivity contribution in [1.29, 1.82) is 0 Å². The molecule has 0 radical (unpaired) electrons. The fraction of sp³-hybridized carbons (Fsp3) is 0.333. The van der Waals surface area contributed by atoms with E-state index < -0.39 is 23.8 Å². The van der Waals surface area contributed by atoms with Crippen LogP contribution in [0.25, 0.3) is 0 Å². The molecule has 0 aromatic heterocycles. The third-order valence-electron chi connectivity index (χ3n) is 5.04. The van der Waals surface area contributed by atoms with Gasteiger partial charge in [0.25, 0.3) is 0 Å². The first kappa shape index (κ1) is 21.4. The molecule has 0 saturated carbocycles. The average molecular weight is 419 g/mol. The van der Waals surface area contributed by atoms with Crippen molar-refractivity contribution in [2.45, 2.75) is 19.1 Å². The number of carboxylic acid groups (broad SMARTS) is 1. The summed E-state index contributed by atoms with van der Waals surface area (Å²) in [6.45, 7) is 0.817. The van der Waals surface area contributed by atoms with E-state index in [0.717, 1.165) is 22.6 Å². The Bertz CT molecular complexity index is 905. The van der Waals surface area contributed by atoms with Gasteiger partial charge in [-0.3, -0.25) is 0 Å². The lowest BCUT2D eigenvalue weighted by molar-refractivity contribution is 0.129. The van der Waals surface area contributed by atoms with Crippen LogP contribution in [0.4, 0.5) is 24.1 Å². The second-order valence-corrected chi connectivity index (χ2v) is 7.09. The molecular formula is C21H23F2N3O4. The second-order valence-electron chi connectivity index (χ2n) is 7.09. The first-order valence-electron chi connectivity index (χ1n) is 9.48. The second kappa shape index (κ2) is 9.43. The highest BCUT2D eigenvalue weighted by molar-refractivity contribution is 5.67. The van der Waals surface area contributed by atoms with E-state index in [9.17, 15) is 18.4 Å². The van der Waals surface area contributed by atoms with Gasteiger partial charge in [0, 0.05) is 32.7 Å². The van der Waals surface area contributed by atoms with Crippen LogP contribution in [0.5, 0.6) is 0 Å². The van der Waals surface area contributed by atoms with E-state index in [4.69, 9.17) is 9.84 Å². The summed E-state index contributed by atoms with van der Waals surface area (Å²) in [5.41, 5.74) is 1.08. The minimum Gasteiger partial charge on any atom is -0.465 e. The van der Waals surface area contributed by atoms with Crippen LogP contribution in [0.2, 0.25) is 0 Å². The Balaban J connectivity index is 1.47. The van der Waals surface area contributed by atoms with Gasteiger partial charge in [0.15, 0.2) is 0 Å². The maximum absolute atomic E-state index is 14.4. The van der Waals surface area contributed by atoms with E-state index in [2.05, 4.69) is 5.32 Å². The Kier molecular flexibility index (Phi) is 6.71. The Labute approximate surface area is 172 Å². The van der Waals surface area contributed by atoms with Gasteiger partial charge in [0.05, 0.1) is 11.7 Å². The molecule has 3 rings (SSSR count). The summed E-state index contributed by atoms with van der Waals surface area (Å²) in [5, 5.41) is 11.5. The minimum absolute atomic E-state index is 0.0958. The van der Waals surface area contributed by atoms with Crippen LogP contribution >= 0.6 is 0 Å². The fourth-order valence-corrected chi connectivity index (χ4v) is 3.14. The molecule has 160 valence electrons. The first-order chi connectivity index (χ1) is 14.3. The normalized spacial score (nSPS) is 13.5. The zero-order valence-electron chi connectivity index (χ0n) is 16.5. The van der Waals surface area contributed by atoms with Crippen LogP contribution in [0.1, 0.15) is 11.1 Å². The van der Waals surface area contributed by atoms with Crippen LogP contribution in [0, 0.1) is 11.6 Å². The van der Waals surface area contributed by atoms with Gasteiger partial charge in [-0.05, 0) is 23.6 Å². The number of likely N-dealkylation sites (N-methyl/N-ethyl adjacent to an activating group) is 1. The maximum Gasteiger partial charge on any atom is 0.407 e. The van der Waals surface area contributed by atoms with Gasteiger partial charge in [0.2, 0.25) is 0 Å². The van der Waals surface area contributed by atoms with Crippen LogP contribution in [0.3, 0.4) is 0 Å². The number of ether oxygens (including phenoxy) is 1. The number of carbonyl (C=O) groups is 2. The van der Waals surface area contributed by atoms with Crippen molar-refractivity contribution in [2.24, 2.45) is 0 Å². The van der Waals surface area contributed by atoms with Gasteiger partial charge in [-0.2, -0.15) is 0 Å². The van der Waals surface area contributed by atoms with Gasteiger partial charge < -0.3 is 25.0 Å². The Morgan fingerprint density at radius 1 is 1.20 bits per heavy atom. The Hall–Kier alpha value is -3.36. The van der Waals surface area contributed by atoms with Gasteiger partial charge >= 0.3 is 12.2 Å². The summed E-state index contributed by atoms with van der Waals surface area (Å²) in [6, 6.07) is 11.1. The summed E-state index contributed by atoms with van der Waals surface area (Å²) in [7, 11) is 1.45. The van der Waals surface area contributed by atoms with Crippen LogP contribution in [0.15, 0.2) is 42.5 Å². The number of carbonyl (C=O) groups excluding carboxylic acids is 1. The first-order valence-corrected chi connectivity index (χ1v) is 9.48.